The Bertz CT molecular complexity index is 1700. The Morgan fingerprint density at radius 1 is 0.686 bits per heavy atom. The quantitative estimate of drug-likeness (QED) is 0.101. The number of aliphatic imine (C=N–C) groups is 1. The monoisotopic (exact) mass is 676 g/mol. The van der Waals surface area contributed by atoms with E-state index in [2.05, 4.69) is 131 Å². The molecule has 0 aliphatic carbocycles. The number of hydrogen-bond acceptors (Lipinski definition) is 6. The van der Waals surface area contributed by atoms with Crippen LogP contribution in [0.4, 0.5) is 0 Å². The minimum absolute atomic E-state index is 0.0434. The second-order valence-corrected chi connectivity index (χ2v) is 12.1. The van der Waals surface area contributed by atoms with E-state index in [1.165, 1.54) is 5.56 Å². The highest BCUT2D eigenvalue weighted by molar-refractivity contribution is 6.13. The van der Waals surface area contributed by atoms with Crippen molar-refractivity contribution in [2.45, 2.75) is 64.1 Å². The maximum atomic E-state index is 5.94. The summed E-state index contributed by atoms with van der Waals surface area (Å²) < 4.78 is 0. The van der Waals surface area contributed by atoms with Crippen LogP contribution in [0.2, 0.25) is 0 Å². The number of allylic oxidation sites excluding steroid dienone is 2. The van der Waals surface area contributed by atoms with Crippen molar-refractivity contribution in [2.24, 2.45) is 10.7 Å². The minimum atomic E-state index is 0.0434. The van der Waals surface area contributed by atoms with Gasteiger partial charge in [0, 0.05) is 66.9 Å². The molecule has 0 amide bonds. The van der Waals surface area contributed by atoms with Crippen molar-refractivity contribution in [2.75, 3.05) is 6.54 Å². The van der Waals surface area contributed by atoms with E-state index < -0.39 is 0 Å². The van der Waals surface area contributed by atoms with Gasteiger partial charge >= 0.3 is 0 Å². The van der Waals surface area contributed by atoms with E-state index in [4.69, 9.17) is 10.7 Å². The zero-order chi connectivity index (χ0) is 35.8. The van der Waals surface area contributed by atoms with Crippen molar-refractivity contribution >= 4 is 5.71 Å². The number of rotatable bonds is 12. The van der Waals surface area contributed by atoms with Crippen molar-refractivity contribution in [3.8, 4) is 0 Å². The average molecular weight is 677 g/mol. The van der Waals surface area contributed by atoms with Gasteiger partial charge in [-0.25, -0.2) is 0 Å². The molecule has 3 N–H and O–H groups in total. The molecule has 0 fully saturated rings. The minimum Gasteiger partial charge on any atom is -0.324 e. The van der Waals surface area contributed by atoms with Crippen molar-refractivity contribution in [1.29, 1.82) is 0 Å². The van der Waals surface area contributed by atoms with Gasteiger partial charge in [-0.1, -0.05) is 129 Å². The summed E-state index contributed by atoms with van der Waals surface area (Å²) in [4.78, 5) is 17.6. The molecule has 6 heteroatoms. The standard InChI is InChI=1S/C24H24N2.C11H16N2.C10H12N2/c1-2-3-6-17-23(22-16-11-18-25-19-22)26-24(20-12-7-4-8-13-20)21-14-9-5-10-15-21;1-2-3-4-7-11(12)10-6-5-8-13-9-10;1-2-7-12-10(5-1)9-4-3-6-11-8-9/h3-16,18-19,23H,2,17H2,1H3;3-6,8-9,11H,2,7,12H2,1H3;1-4,6,8,10,12H,5,7H2/b6-3-;4-3-;. The summed E-state index contributed by atoms with van der Waals surface area (Å²) in [5.41, 5.74) is 12.7. The Balaban J connectivity index is 0.000000194. The fourth-order valence-corrected chi connectivity index (χ4v) is 5.48. The first-order valence-corrected chi connectivity index (χ1v) is 18.0. The van der Waals surface area contributed by atoms with Gasteiger partial charge in [0.25, 0.3) is 0 Å². The predicted molar refractivity (Wildman–Crippen MR) is 214 cm³/mol. The van der Waals surface area contributed by atoms with E-state index >= 15 is 0 Å². The lowest BCUT2D eigenvalue weighted by Crippen LogP contribution is -2.23. The van der Waals surface area contributed by atoms with Gasteiger partial charge in [0.05, 0.1) is 11.8 Å². The first-order chi connectivity index (χ1) is 25.2. The van der Waals surface area contributed by atoms with Crippen molar-refractivity contribution in [1.82, 2.24) is 20.3 Å². The first-order valence-electron chi connectivity index (χ1n) is 18.0. The molecule has 1 aliphatic heterocycles. The van der Waals surface area contributed by atoms with E-state index in [0.717, 1.165) is 66.6 Å². The van der Waals surface area contributed by atoms with E-state index in [0.29, 0.717) is 6.04 Å². The summed E-state index contributed by atoms with van der Waals surface area (Å²) in [5.74, 6) is 0. The van der Waals surface area contributed by atoms with Crippen LogP contribution in [-0.4, -0.2) is 27.2 Å². The molecule has 0 spiro atoms. The summed E-state index contributed by atoms with van der Waals surface area (Å²) >= 11 is 0. The normalized spacial score (nSPS) is 14.8. The third-order valence-electron chi connectivity index (χ3n) is 8.22. The zero-order valence-corrected chi connectivity index (χ0v) is 30.0. The number of pyridine rings is 3. The summed E-state index contributed by atoms with van der Waals surface area (Å²) in [6, 6.07) is 33.5. The lowest BCUT2D eigenvalue weighted by atomic mass is 10.00. The van der Waals surface area contributed by atoms with Gasteiger partial charge in [0.2, 0.25) is 0 Å². The van der Waals surface area contributed by atoms with Gasteiger partial charge in [-0.05, 0) is 67.0 Å². The topological polar surface area (TPSA) is 89.1 Å². The Morgan fingerprint density at radius 3 is 1.76 bits per heavy atom. The Hall–Kier alpha value is -5.30. The van der Waals surface area contributed by atoms with E-state index in [1.807, 2.05) is 67.4 Å². The van der Waals surface area contributed by atoms with Crippen molar-refractivity contribution in [3.05, 3.63) is 199 Å². The molecule has 1 aliphatic rings. The second-order valence-electron chi connectivity index (χ2n) is 12.1. The molecule has 3 unspecified atom stereocenters. The third kappa shape index (κ3) is 13.9. The van der Waals surface area contributed by atoms with Gasteiger partial charge in [0.15, 0.2) is 0 Å². The van der Waals surface area contributed by atoms with Crippen molar-refractivity contribution in [3.63, 3.8) is 0 Å². The molecule has 3 aromatic heterocycles. The summed E-state index contributed by atoms with van der Waals surface area (Å²) in [5, 5.41) is 3.41. The van der Waals surface area contributed by atoms with Crippen molar-refractivity contribution < 1.29 is 0 Å². The van der Waals surface area contributed by atoms with Crippen LogP contribution in [0.15, 0.2) is 176 Å². The molecule has 51 heavy (non-hydrogen) atoms. The van der Waals surface area contributed by atoms with Gasteiger partial charge in [-0.2, -0.15) is 0 Å². The molecule has 262 valence electrons. The molecular formula is C45H52N6. The molecule has 6 rings (SSSR count). The average Bonchev–Trinajstić information content (AvgIpc) is 3.22. The van der Waals surface area contributed by atoms with Crippen LogP contribution in [0.1, 0.15) is 91.9 Å². The lowest BCUT2D eigenvalue weighted by molar-refractivity contribution is 0.553. The SMILES string of the molecule is C1=CCC(c2cccnc2)NC1.CC/C=C\CC(N)c1cccnc1.CC/C=C\CC(N=C(c1ccccc1)c1ccccc1)c1cccnc1. The summed E-state index contributed by atoms with van der Waals surface area (Å²) in [6.45, 7) is 5.24. The fourth-order valence-electron chi connectivity index (χ4n) is 5.48. The van der Waals surface area contributed by atoms with Crippen LogP contribution < -0.4 is 11.1 Å². The molecule has 3 atom stereocenters. The van der Waals surface area contributed by atoms with Crippen LogP contribution in [-0.2, 0) is 0 Å². The Kier molecular flexibility index (Phi) is 17.5. The molecule has 0 bridgehead atoms. The molecule has 0 saturated heterocycles. The number of nitrogens with two attached hydrogens (primary N) is 1. The highest BCUT2D eigenvalue weighted by atomic mass is 14.9. The maximum absolute atomic E-state index is 5.94. The predicted octanol–water partition coefficient (Wildman–Crippen LogP) is 10.1. The Labute approximate surface area is 305 Å². The first kappa shape index (κ1) is 38.5. The number of aromatic nitrogens is 3. The van der Waals surface area contributed by atoms with Crippen LogP contribution >= 0.6 is 0 Å². The highest BCUT2D eigenvalue weighted by Gasteiger charge is 2.14. The maximum Gasteiger partial charge on any atom is 0.0805 e. The number of nitrogens with zero attached hydrogens (tertiary/aromatic N) is 4. The third-order valence-corrected chi connectivity index (χ3v) is 8.22. The summed E-state index contributed by atoms with van der Waals surface area (Å²) in [7, 11) is 0. The zero-order valence-electron chi connectivity index (χ0n) is 30.0. The molecule has 6 nitrogen and oxygen atoms in total. The number of benzene rings is 2. The highest BCUT2D eigenvalue weighted by Crippen LogP contribution is 2.24. The van der Waals surface area contributed by atoms with Gasteiger partial charge in [0.1, 0.15) is 0 Å². The van der Waals surface area contributed by atoms with Crippen LogP contribution in [0.25, 0.3) is 0 Å². The number of nitrogens with one attached hydrogen (secondary N) is 1. The number of hydrogen-bond donors (Lipinski definition) is 2. The van der Waals surface area contributed by atoms with Gasteiger partial charge < -0.3 is 11.1 Å². The molecule has 5 aromatic rings. The fraction of sp³-hybridized carbons (Fsp3) is 0.244. The molecular weight excluding hydrogens is 625 g/mol. The molecule has 0 saturated carbocycles. The lowest BCUT2D eigenvalue weighted by Gasteiger charge is -2.19. The summed E-state index contributed by atoms with van der Waals surface area (Å²) in [6.07, 6.45) is 29.0. The van der Waals surface area contributed by atoms with E-state index in [-0.39, 0.29) is 12.1 Å². The van der Waals surface area contributed by atoms with Gasteiger partial charge in [-0.15, -0.1) is 0 Å². The van der Waals surface area contributed by atoms with Gasteiger partial charge in [-0.3, -0.25) is 19.9 Å². The van der Waals surface area contributed by atoms with Crippen LogP contribution in [0.5, 0.6) is 0 Å². The molecule has 4 heterocycles. The molecule has 0 radical (unpaired) electrons. The van der Waals surface area contributed by atoms with Crippen LogP contribution in [0.3, 0.4) is 0 Å². The van der Waals surface area contributed by atoms with E-state index in [1.54, 1.807) is 6.20 Å². The largest absolute Gasteiger partial charge is 0.324 e. The van der Waals surface area contributed by atoms with E-state index in [9.17, 15) is 0 Å². The Morgan fingerprint density at radius 2 is 1.25 bits per heavy atom. The second kappa shape index (κ2) is 23.2. The molecule has 2 aromatic carbocycles. The van der Waals surface area contributed by atoms with Crippen LogP contribution in [0, 0.1) is 0 Å². The smallest absolute Gasteiger partial charge is 0.0805 e.